The lowest BCUT2D eigenvalue weighted by Crippen LogP contribution is -2.23. The summed E-state index contributed by atoms with van der Waals surface area (Å²) in [7, 11) is 0. The average Bonchev–Trinajstić information content (AvgIpc) is 3.43. The maximum Gasteiger partial charge on any atom is 0.210 e. The van der Waals surface area contributed by atoms with Crippen molar-refractivity contribution in [3.63, 3.8) is 0 Å². The third-order valence-electron chi connectivity index (χ3n) is 5.93. The van der Waals surface area contributed by atoms with Gasteiger partial charge in [0.15, 0.2) is 0 Å². The summed E-state index contributed by atoms with van der Waals surface area (Å²) in [6, 6.07) is 24.6. The van der Waals surface area contributed by atoms with Crippen molar-refractivity contribution in [1.82, 2.24) is 9.47 Å². The number of hydrogen-bond donors (Lipinski definition) is 0. The lowest BCUT2D eigenvalue weighted by atomic mass is 10.1. The zero-order valence-electron chi connectivity index (χ0n) is 17.1. The first-order valence-electron chi connectivity index (χ1n) is 10.5. The number of likely N-dealkylation sites (tertiary alicyclic amines) is 1. The van der Waals surface area contributed by atoms with Crippen LogP contribution >= 0.6 is 0 Å². The van der Waals surface area contributed by atoms with Crippen LogP contribution < -0.4 is 4.74 Å². The number of carbonyl (C=O) groups excluding carboxylic acids is 1. The second-order valence-electron chi connectivity index (χ2n) is 7.85. The van der Waals surface area contributed by atoms with Gasteiger partial charge in [-0.3, -0.25) is 4.79 Å². The third kappa shape index (κ3) is 3.67. The van der Waals surface area contributed by atoms with E-state index in [1.54, 1.807) is 12.1 Å². The first kappa shape index (κ1) is 19.4. The summed E-state index contributed by atoms with van der Waals surface area (Å²) in [5.41, 5.74) is 3.96. The van der Waals surface area contributed by atoms with E-state index < -0.39 is 0 Å². The molecule has 0 saturated carbocycles. The van der Waals surface area contributed by atoms with Crippen LogP contribution in [0.15, 0.2) is 78.9 Å². The van der Waals surface area contributed by atoms with Crippen LogP contribution in [0.5, 0.6) is 5.75 Å². The molecular weight excluding hydrogens is 391 g/mol. The van der Waals surface area contributed by atoms with E-state index in [0.717, 1.165) is 59.4 Å². The van der Waals surface area contributed by atoms with Gasteiger partial charge in [-0.05, 0) is 60.9 Å². The van der Waals surface area contributed by atoms with Gasteiger partial charge < -0.3 is 14.2 Å². The Morgan fingerprint density at radius 2 is 1.81 bits per heavy atom. The molecule has 4 nitrogen and oxygen atoms in total. The second kappa shape index (κ2) is 8.26. The molecule has 5 heteroatoms. The molecule has 0 spiro atoms. The highest BCUT2D eigenvalue weighted by Gasteiger charge is 2.29. The van der Waals surface area contributed by atoms with Gasteiger partial charge in [-0.2, -0.15) is 0 Å². The topological polar surface area (TPSA) is 34.5 Å². The van der Waals surface area contributed by atoms with E-state index >= 15 is 0 Å². The van der Waals surface area contributed by atoms with Gasteiger partial charge in [0.25, 0.3) is 0 Å². The summed E-state index contributed by atoms with van der Waals surface area (Å²) in [5, 5.41) is 0.982. The molecular formula is C26H23FN2O2. The molecule has 1 aliphatic heterocycles. The molecule has 156 valence electrons. The van der Waals surface area contributed by atoms with Gasteiger partial charge >= 0.3 is 0 Å². The van der Waals surface area contributed by atoms with E-state index in [2.05, 4.69) is 10.6 Å². The summed E-state index contributed by atoms with van der Waals surface area (Å²) in [6.45, 7) is 1.22. The standard InChI is InChI=1S/C26H23FN2O2/c27-20-11-13-21(14-12-20)29-23-8-4-10-26(31-17-19-6-2-1-3-7-19)22(23)16-25(29)24-9-5-15-28(24)18-30/h1-4,6-8,10-14,16,18,24H,5,9,15,17H2. The maximum absolute atomic E-state index is 13.6. The van der Waals surface area contributed by atoms with Crippen LogP contribution in [0.3, 0.4) is 0 Å². The van der Waals surface area contributed by atoms with Crippen molar-refractivity contribution in [3.05, 3.63) is 95.9 Å². The van der Waals surface area contributed by atoms with E-state index in [1.807, 2.05) is 53.4 Å². The molecule has 1 fully saturated rings. The lowest BCUT2D eigenvalue weighted by molar-refractivity contribution is -0.119. The molecule has 1 aliphatic rings. The summed E-state index contributed by atoms with van der Waals surface area (Å²) in [5.74, 6) is 0.517. The van der Waals surface area contributed by atoms with Crippen LogP contribution in [-0.2, 0) is 11.4 Å². The van der Waals surface area contributed by atoms with Crippen molar-refractivity contribution in [2.24, 2.45) is 0 Å². The quantitative estimate of drug-likeness (QED) is 0.383. The van der Waals surface area contributed by atoms with Crippen molar-refractivity contribution < 1.29 is 13.9 Å². The molecule has 3 aromatic carbocycles. The molecule has 4 aromatic rings. The van der Waals surface area contributed by atoms with Crippen LogP contribution in [-0.4, -0.2) is 22.4 Å². The summed E-state index contributed by atoms with van der Waals surface area (Å²) >= 11 is 0. The van der Waals surface area contributed by atoms with Crippen molar-refractivity contribution in [3.8, 4) is 11.4 Å². The van der Waals surface area contributed by atoms with Crippen molar-refractivity contribution in [2.45, 2.75) is 25.5 Å². The SMILES string of the molecule is O=CN1CCCC1c1cc2c(OCc3ccccc3)cccc2n1-c1ccc(F)cc1. The van der Waals surface area contributed by atoms with Crippen molar-refractivity contribution >= 4 is 17.3 Å². The van der Waals surface area contributed by atoms with Gasteiger partial charge in [0.1, 0.15) is 18.2 Å². The molecule has 1 aromatic heterocycles. The minimum Gasteiger partial charge on any atom is -0.488 e. The molecule has 1 saturated heterocycles. The number of halogens is 1. The number of carbonyl (C=O) groups is 1. The number of amides is 1. The minimum atomic E-state index is -0.274. The van der Waals surface area contributed by atoms with Gasteiger partial charge in [-0.25, -0.2) is 4.39 Å². The fourth-order valence-corrected chi connectivity index (χ4v) is 4.44. The molecule has 0 aliphatic carbocycles. The smallest absolute Gasteiger partial charge is 0.210 e. The number of fused-ring (bicyclic) bond motifs is 1. The summed E-state index contributed by atoms with van der Waals surface area (Å²) in [6.07, 6.45) is 2.79. The summed E-state index contributed by atoms with van der Waals surface area (Å²) < 4.78 is 21.9. The van der Waals surface area contributed by atoms with Crippen LogP contribution in [0, 0.1) is 5.82 Å². The first-order valence-corrected chi connectivity index (χ1v) is 10.5. The van der Waals surface area contributed by atoms with E-state index in [-0.39, 0.29) is 11.9 Å². The largest absolute Gasteiger partial charge is 0.488 e. The van der Waals surface area contributed by atoms with Crippen molar-refractivity contribution in [2.75, 3.05) is 6.54 Å². The lowest BCUT2D eigenvalue weighted by Gasteiger charge is -2.22. The molecule has 1 unspecified atom stereocenters. The molecule has 1 amide bonds. The zero-order chi connectivity index (χ0) is 21.2. The Balaban J connectivity index is 1.62. The predicted octanol–water partition coefficient (Wildman–Crippen LogP) is 5.64. The highest BCUT2D eigenvalue weighted by molar-refractivity contribution is 5.89. The minimum absolute atomic E-state index is 0.0167. The van der Waals surface area contributed by atoms with E-state index in [0.29, 0.717) is 6.61 Å². The molecule has 1 atom stereocenters. The first-order chi connectivity index (χ1) is 15.2. The number of hydrogen-bond acceptors (Lipinski definition) is 2. The van der Waals surface area contributed by atoms with E-state index in [9.17, 15) is 9.18 Å². The Hall–Kier alpha value is -3.60. The van der Waals surface area contributed by atoms with Crippen LogP contribution in [0.1, 0.15) is 30.1 Å². The molecule has 31 heavy (non-hydrogen) atoms. The fourth-order valence-electron chi connectivity index (χ4n) is 4.44. The fraction of sp³-hybridized carbons (Fsp3) is 0.192. The zero-order valence-corrected chi connectivity index (χ0v) is 17.1. The van der Waals surface area contributed by atoms with Gasteiger partial charge in [0.2, 0.25) is 6.41 Å². The number of nitrogens with zero attached hydrogens (tertiary/aromatic N) is 2. The van der Waals surface area contributed by atoms with Gasteiger partial charge in [0, 0.05) is 23.3 Å². The number of rotatable bonds is 6. The number of ether oxygens (including phenoxy) is 1. The third-order valence-corrected chi connectivity index (χ3v) is 5.93. The highest BCUT2D eigenvalue weighted by atomic mass is 19.1. The van der Waals surface area contributed by atoms with Gasteiger partial charge in [-0.15, -0.1) is 0 Å². The Morgan fingerprint density at radius 3 is 2.58 bits per heavy atom. The number of benzene rings is 3. The Morgan fingerprint density at radius 1 is 1.00 bits per heavy atom. The predicted molar refractivity (Wildman–Crippen MR) is 119 cm³/mol. The monoisotopic (exact) mass is 414 g/mol. The summed E-state index contributed by atoms with van der Waals surface area (Å²) in [4.78, 5) is 13.5. The van der Waals surface area contributed by atoms with Gasteiger partial charge in [0.05, 0.1) is 11.6 Å². The Kier molecular flexibility index (Phi) is 5.16. The molecule has 2 heterocycles. The molecule has 5 rings (SSSR count). The Labute approximate surface area is 180 Å². The number of aromatic nitrogens is 1. The van der Waals surface area contributed by atoms with E-state index in [4.69, 9.17) is 4.74 Å². The van der Waals surface area contributed by atoms with Crippen molar-refractivity contribution in [1.29, 1.82) is 0 Å². The van der Waals surface area contributed by atoms with Crippen LogP contribution in [0.2, 0.25) is 0 Å². The maximum atomic E-state index is 13.6. The Bertz CT molecular complexity index is 1200. The molecule has 0 bridgehead atoms. The van der Waals surface area contributed by atoms with E-state index in [1.165, 1.54) is 12.1 Å². The normalized spacial score (nSPS) is 16.0. The second-order valence-corrected chi connectivity index (χ2v) is 7.85. The average molecular weight is 414 g/mol. The van der Waals surface area contributed by atoms with Gasteiger partial charge in [-0.1, -0.05) is 36.4 Å². The van der Waals surface area contributed by atoms with Crippen LogP contribution in [0.25, 0.3) is 16.6 Å². The highest BCUT2D eigenvalue weighted by Crippen LogP contribution is 2.39. The molecule has 0 radical (unpaired) electrons. The van der Waals surface area contributed by atoms with Crippen LogP contribution in [0.4, 0.5) is 4.39 Å². The molecule has 0 N–H and O–H groups in total.